The van der Waals surface area contributed by atoms with Gasteiger partial charge >= 0.3 is 0 Å². The molecule has 0 N–H and O–H groups in total. The highest BCUT2D eigenvalue weighted by Crippen LogP contribution is 2.19. The van der Waals surface area contributed by atoms with Crippen LogP contribution in [0.2, 0.25) is 0 Å². The maximum atomic E-state index is 11.6. The quantitative estimate of drug-likeness (QED) is 0.665. The van der Waals surface area contributed by atoms with Crippen LogP contribution in [0.15, 0.2) is 11.6 Å². The van der Waals surface area contributed by atoms with Gasteiger partial charge in [-0.2, -0.15) is 0 Å². The lowest BCUT2D eigenvalue weighted by molar-refractivity contribution is -0.139. The van der Waals surface area contributed by atoms with E-state index in [0.29, 0.717) is 11.5 Å². The zero-order chi connectivity index (χ0) is 11.6. The Kier molecular flexibility index (Phi) is 3.66. The smallest absolute Gasteiger partial charge is 0.256 e. The molecule has 1 unspecified atom stereocenters. The summed E-state index contributed by atoms with van der Waals surface area (Å²) in [6, 6.07) is 0.0149. The summed E-state index contributed by atoms with van der Waals surface area (Å²) in [4.78, 5) is 24.5. The molecule has 0 saturated carbocycles. The van der Waals surface area contributed by atoms with Crippen LogP contribution in [0.1, 0.15) is 40.5 Å². The summed E-state index contributed by atoms with van der Waals surface area (Å²) >= 11 is 0. The lowest BCUT2D eigenvalue weighted by Crippen LogP contribution is -2.38. The van der Waals surface area contributed by atoms with Crippen LogP contribution < -0.4 is 0 Å². The third-order valence-electron chi connectivity index (χ3n) is 2.74. The second-order valence-corrected chi connectivity index (χ2v) is 4.66. The van der Waals surface area contributed by atoms with E-state index in [-0.39, 0.29) is 17.9 Å². The first kappa shape index (κ1) is 12.0. The average Bonchev–Trinajstić information content (AvgIpc) is 2.37. The van der Waals surface area contributed by atoms with Gasteiger partial charge in [0.05, 0.1) is 0 Å². The molecule has 0 bridgehead atoms. The number of hydrogen-bond acceptors (Lipinski definition) is 2. The molecule has 0 saturated heterocycles. The molecule has 0 aromatic rings. The standard InChI is InChI=1S/C12H19NO2/c1-8(2)5-6-10(4)13-11(14)7-9(3)12(13)15/h7-8,10H,5-6H2,1-4H3. The van der Waals surface area contributed by atoms with Crippen LogP contribution in [-0.4, -0.2) is 22.8 Å². The first-order valence-electron chi connectivity index (χ1n) is 5.49. The molecule has 0 fully saturated rings. The number of amides is 2. The van der Waals surface area contributed by atoms with E-state index in [2.05, 4.69) is 13.8 Å². The fourth-order valence-electron chi connectivity index (χ4n) is 1.73. The van der Waals surface area contributed by atoms with E-state index in [1.807, 2.05) is 6.92 Å². The van der Waals surface area contributed by atoms with Crippen LogP contribution in [0, 0.1) is 5.92 Å². The van der Waals surface area contributed by atoms with Crippen molar-refractivity contribution in [3.63, 3.8) is 0 Å². The molecular formula is C12H19NO2. The van der Waals surface area contributed by atoms with Gasteiger partial charge in [-0.15, -0.1) is 0 Å². The van der Waals surface area contributed by atoms with Gasteiger partial charge in [0.1, 0.15) is 0 Å². The second kappa shape index (κ2) is 4.60. The number of imide groups is 1. The zero-order valence-electron chi connectivity index (χ0n) is 9.91. The molecule has 3 heteroatoms. The number of carbonyl (C=O) groups is 2. The number of hydrogen-bond donors (Lipinski definition) is 0. The first-order chi connectivity index (χ1) is 6.93. The molecule has 1 aliphatic rings. The monoisotopic (exact) mass is 209 g/mol. The van der Waals surface area contributed by atoms with Gasteiger partial charge < -0.3 is 0 Å². The molecule has 1 atom stereocenters. The van der Waals surface area contributed by atoms with E-state index in [9.17, 15) is 9.59 Å². The molecule has 0 aromatic heterocycles. The summed E-state index contributed by atoms with van der Waals surface area (Å²) in [6.45, 7) is 7.91. The van der Waals surface area contributed by atoms with Crippen molar-refractivity contribution in [2.75, 3.05) is 0 Å². The Morgan fingerprint density at radius 3 is 2.20 bits per heavy atom. The van der Waals surface area contributed by atoms with Gasteiger partial charge in [-0.05, 0) is 32.6 Å². The van der Waals surface area contributed by atoms with E-state index in [4.69, 9.17) is 0 Å². The van der Waals surface area contributed by atoms with Crippen LogP contribution in [-0.2, 0) is 9.59 Å². The van der Waals surface area contributed by atoms with E-state index < -0.39 is 0 Å². The van der Waals surface area contributed by atoms with Gasteiger partial charge in [-0.3, -0.25) is 14.5 Å². The molecule has 0 aliphatic carbocycles. The van der Waals surface area contributed by atoms with E-state index >= 15 is 0 Å². The largest absolute Gasteiger partial charge is 0.272 e. The lowest BCUT2D eigenvalue weighted by atomic mass is 10.0. The molecule has 15 heavy (non-hydrogen) atoms. The average molecular weight is 209 g/mol. The summed E-state index contributed by atoms with van der Waals surface area (Å²) in [6.07, 6.45) is 3.35. The number of nitrogens with zero attached hydrogens (tertiary/aromatic N) is 1. The fourth-order valence-corrected chi connectivity index (χ4v) is 1.73. The van der Waals surface area contributed by atoms with Gasteiger partial charge in [-0.25, -0.2) is 0 Å². The summed E-state index contributed by atoms with van der Waals surface area (Å²) in [7, 11) is 0. The van der Waals surface area contributed by atoms with Crippen molar-refractivity contribution in [1.82, 2.24) is 4.90 Å². The van der Waals surface area contributed by atoms with E-state index in [1.54, 1.807) is 6.92 Å². The van der Waals surface area contributed by atoms with E-state index in [1.165, 1.54) is 11.0 Å². The molecule has 1 aliphatic heterocycles. The van der Waals surface area contributed by atoms with Crippen molar-refractivity contribution in [2.24, 2.45) is 5.92 Å². The Balaban J connectivity index is 2.58. The Morgan fingerprint density at radius 1 is 1.20 bits per heavy atom. The Bertz CT molecular complexity index is 305. The maximum absolute atomic E-state index is 11.6. The van der Waals surface area contributed by atoms with Crippen molar-refractivity contribution in [1.29, 1.82) is 0 Å². The predicted octanol–water partition coefficient (Wildman–Crippen LogP) is 2.13. The van der Waals surface area contributed by atoms with Gasteiger partial charge in [0.25, 0.3) is 11.8 Å². The molecular weight excluding hydrogens is 190 g/mol. The highest BCUT2D eigenvalue weighted by molar-refractivity contribution is 6.16. The van der Waals surface area contributed by atoms with Gasteiger partial charge in [0.2, 0.25) is 0 Å². The zero-order valence-corrected chi connectivity index (χ0v) is 9.91. The summed E-state index contributed by atoms with van der Waals surface area (Å²) in [5.41, 5.74) is 0.552. The molecule has 84 valence electrons. The van der Waals surface area contributed by atoms with Crippen LogP contribution in [0.25, 0.3) is 0 Å². The molecule has 0 aromatic carbocycles. The summed E-state index contributed by atoms with van der Waals surface area (Å²) < 4.78 is 0. The summed E-state index contributed by atoms with van der Waals surface area (Å²) in [5.74, 6) is 0.319. The normalized spacial score (nSPS) is 18.7. The van der Waals surface area contributed by atoms with Crippen LogP contribution in [0.5, 0.6) is 0 Å². The third-order valence-corrected chi connectivity index (χ3v) is 2.74. The SMILES string of the molecule is CC1=CC(=O)N(C(C)CCC(C)C)C1=O. The Labute approximate surface area is 91.1 Å². The maximum Gasteiger partial charge on any atom is 0.256 e. The Morgan fingerprint density at radius 2 is 1.80 bits per heavy atom. The molecule has 0 radical (unpaired) electrons. The lowest BCUT2D eigenvalue weighted by Gasteiger charge is -2.23. The number of carbonyl (C=O) groups excluding carboxylic acids is 2. The van der Waals surface area contributed by atoms with Crippen LogP contribution in [0.3, 0.4) is 0 Å². The second-order valence-electron chi connectivity index (χ2n) is 4.66. The topological polar surface area (TPSA) is 37.4 Å². The molecule has 2 amide bonds. The molecule has 1 heterocycles. The minimum absolute atomic E-state index is 0.0149. The predicted molar refractivity (Wildman–Crippen MR) is 59.1 cm³/mol. The molecule has 0 spiro atoms. The fraction of sp³-hybridized carbons (Fsp3) is 0.667. The number of rotatable bonds is 4. The van der Waals surface area contributed by atoms with Crippen molar-refractivity contribution < 1.29 is 9.59 Å². The van der Waals surface area contributed by atoms with Crippen molar-refractivity contribution in [3.05, 3.63) is 11.6 Å². The summed E-state index contributed by atoms with van der Waals surface area (Å²) in [5, 5.41) is 0. The first-order valence-corrected chi connectivity index (χ1v) is 5.49. The van der Waals surface area contributed by atoms with Gasteiger partial charge in [0, 0.05) is 17.7 Å². The van der Waals surface area contributed by atoms with Crippen molar-refractivity contribution in [2.45, 2.75) is 46.6 Å². The molecule has 1 rings (SSSR count). The van der Waals surface area contributed by atoms with Gasteiger partial charge in [0.15, 0.2) is 0 Å². The van der Waals surface area contributed by atoms with Crippen LogP contribution in [0.4, 0.5) is 0 Å². The van der Waals surface area contributed by atoms with Crippen LogP contribution >= 0.6 is 0 Å². The van der Waals surface area contributed by atoms with Gasteiger partial charge in [-0.1, -0.05) is 13.8 Å². The van der Waals surface area contributed by atoms with Crippen molar-refractivity contribution >= 4 is 11.8 Å². The minimum atomic E-state index is -0.159. The van der Waals surface area contributed by atoms with E-state index in [0.717, 1.165) is 12.8 Å². The minimum Gasteiger partial charge on any atom is -0.272 e. The highest BCUT2D eigenvalue weighted by Gasteiger charge is 2.31. The van der Waals surface area contributed by atoms with Crippen molar-refractivity contribution in [3.8, 4) is 0 Å². The Hall–Kier alpha value is -1.12. The molecule has 3 nitrogen and oxygen atoms in total. The highest BCUT2D eigenvalue weighted by atomic mass is 16.2. The third kappa shape index (κ3) is 2.67.